The number of thiophene rings is 1. The van der Waals surface area contributed by atoms with Crippen molar-refractivity contribution in [1.29, 1.82) is 0 Å². The van der Waals surface area contributed by atoms with Crippen molar-refractivity contribution in [3.8, 4) is 0 Å². The average molecular weight is 183 g/mol. The highest BCUT2D eigenvalue weighted by molar-refractivity contribution is 7.07. The van der Waals surface area contributed by atoms with E-state index in [0.29, 0.717) is 0 Å². The maximum absolute atomic E-state index is 2.47. The molecule has 12 heavy (non-hydrogen) atoms. The summed E-state index contributed by atoms with van der Waals surface area (Å²) in [6.45, 7) is 7.95. The molecule has 1 aromatic rings. The molecular weight excluding hydrogens is 166 g/mol. The number of hydrogen-bond donors (Lipinski definition) is 0. The van der Waals surface area contributed by atoms with E-state index in [4.69, 9.17) is 0 Å². The van der Waals surface area contributed by atoms with Gasteiger partial charge in [-0.3, -0.25) is 4.90 Å². The lowest BCUT2D eigenvalue weighted by atomic mass is 10.3. The van der Waals surface area contributed by atoms with Crippen LogP contribution in [0.25, 0.3) is 0 Å². The Morgan fingerprint density at radius 1 is 1.42 bits per heavy atom. The predicted octanol–water partition coefficient (Wildman–Crippen LogP) is 2.98. The fourth-order valence-electron chi connectivity index (χ4n) is 1.31. The van der Waals surface area contributed by atoms with Gasteiger partial charge in [0.05, 0.1) is 0 Å². The summed E-state index contributed by atoms with van der Waals surface area (Å²) in [5.41, 5.74) is 1.45. The van der Waals surface area contributed by atoms with Crippen LogP contribution in [0.4, 0.5) is 0 Å². The zero-order valence-electron chi connectivity index (χ0n) is 7.92. The molecule has 1 nitrogen and oxygen atoms in total. The maximum atomic E-state index is 2.47. The minimum absolute atomic E-state index is 1.12. The Morgan fingerprint density at radius 3 is 2.75 bits per heavy atom. The van der Waals surface area contributed by atoms with E-state index >= 15 is 0 Å². The van der Waals surface area contributed by atoms with Gasteiger partial charge in [0.15, 0.2) is 0 Å². The highest BCUT2D eigenvalue weighted by Crippen LogP contribution is 2.09. The normalized spacial score (nSPS) is 10.9. The first-order valence-corrected chi connectivity index (χ1v) is 5.54. The average Bonchev–Trinajstić information content (AvgIpc) is 2.56. The highest BCUT2D eigenvalue weighted by atomic mass is 32.1. The van der Waals surface area contributed by atoms with Gasteiger partial charge in [0.2, 0.25) is 0 Å². The highest BCUT2D eigenvalue weighted by Gasteiger charge is 2.01. The molecule has 0 N–H and O–H groups in total. The molecule has 1 heterocycles. The van der Waals surface area contributed by atoms with Gasteiger partial charge in [0, 0.05) is 6.54 Å². The van der Waals surface area contributed by atoms with Gasteiger partial charge in [-0.05, 0) is 41.9 Å². The van der Waals surface area contributed by atoms with E-state index in [1.807, 2.05) is 0 Å². The number of nitrogens with zero attached hydrogens (tertiary/aromatic N) is 1. The monoisotopic (exact) mass is 183 g/mol. The Bertz CT molecular complexity index is 194. The van der Waals surface area contributed by atoms with Crippen LogP contribution in [-0.4, -0.2) is 18.0 Å². The third kappa shape index (κ3) is 2.95. The topological polar surface area (TPSA) is 3.24 Å². The molecule has 0 aliphatic rings. The summed E-state index contributed by atoms with van der Waals surface area (Å²) < 4.78 is 0. The van der Waals surface area contributed by atoms with Gasteiger partial charge in [-0.1, -0.05) is 13.8 Å². The third-order valence-electron chi connectivity index (χ3n) is 1.97. The summed E-state index contributed by atoms with van der Waals surface area (Å²) in [6.07, 6.45) is 1.25. The van der Waals surface area contributed by atoms with E-state index in [2.05, 4.69) is 35.6 Å². The summed E-state index contributed by atoms with van der Waals surface area (Å²) in [5, 5.41) is 4.38. The molecule has 0 bridgehead atoms. The minimum Gasteiger partial charge on any atom is -0.299 e. The number of hydrogen-bond acceptors (Lipinski definition) is 2. The van der Waals surface area contributed by atoms with Crippen molar-refractivity contribution >= 4 is 11.3 Å². The van der Waals surface area contributed by atoms with E-state index in [-0.39, 0.29) is 0 Å². The van der Waals surface area contributed by atoms with Gasteiger partial charge in [0.1, 0.15) is 0 Å². The molecule has 0 unspecified atom stereocenters. The summed E-state index contributed by atoms with van der Waals surface area (Å²) in [5.74, 6) is 0. The molecule has 0 atom stereocenters. The van der Waals surface area contributed by atoms with Crippen LogP contribution >= 0.6 is 11.3 Å². The van der Waals surface area contributed by atoms with Crippen LogP contribution in [0.15, 0.2) is 16.8 Å². The molecule has 68 valence electrons. The molecule has 1 rings (SSSR count). The van der Waals surface area contributed by atoms with Crippen molar-refractivity contribution in [2.45, 2.75) is 26.8 Å². The quantitative estimate of drug-likeness (QED) is 0.678. The fraction of sp³-hybridized carbons (Fsp3) is 0.600. The standard InChI is InChI=1S/C10H17NS/c1-3-6-11(4-2)8-10-5-7-12-9-10/h5,7,9H,3-4,6,8H2,1-2H3. The van der Waals surface area contributed by atoms with Crippen molar-refractivity contribution in [3.05, 3.63) is 22.4 Å². The summed E-state index contributed by atoms with van der Waals surface area (Å²) in [7, 11) is 0. The van der Waals surface area contributed by atoms with Gasteiger partial charge in [-0.15, -0.1) is 0 Å². The van der Waals surface area contributed by atoms with Crippen molar-refractivity contribution in [1.82, 2.24) is 4.90 Å². The summed E-state index contributed by atoms with van der Waals surface area (Å²) in [4.78, 5) is 2.47. The van der Waals surface area contributed by atoms with Crippen LogP contribution in [0.5, 0.6) is 0 Å². The Morgan fingerprint density at radius 2 is 2.25 bits per heavy atom. The lowest BCUT2D eigenvalue weighted by Gasteiger charge is -2.18. The Hall–Kier alpha value is -0.340. The molecule has 2 heteroatoms. The predicted molar refractivity (Wildman–Crippen MR) is 55.6 cm³/mol. The van der Waals surface area contributed by atoms with Crippen LogP contribution < -0.4 is 0 Å². The lowest BCUT2D eigenvalue weighted by molar-refractivity contribution is 0.281. The summed E-state index contributed by atoms with van der Waals surface area (Å²) in [6, 6.07) is 2.21. The third-order valence-corrected chi connectivity index (χ3v) is 2.71. The second kappa shape index (κ2) is 5.33. The van der Waals surface area contributed by atoms with E-state index in [9.17, 15) is 0 Å². The molecule has 0 saturated carbocycles. The van der Waals surface area contributed by atoms with Crippen LogP contribution in [0.2, 0.25) is 0 Å². The molecule has 0 amide bonds. The van der Waals surface area contributed by atoms with Crippen LogP contribution in [0.3, 0.4) is 0 Å². The molecule has 1 aromatic heterocycles. The second-order valence-electron chi connectivity index (χ2n) is 3.00. The van der Waals surface area contributed by atoms with Crippen LogP contribution in [0, 0.1) is 0 Å². The zero-order valence-corrected chi connectivity index (χ0v) is 8.73. The fourth-order valence-corrected chi connectivity index (χ4v) is 1.97. The Kier molecular flexibility index (Phi) is 4.33. The van der Waals surface area contributed by atoms with Crippen molar-refractivity contribution in [2.75, 3.05) is 13.1 Å². The maximum Gasteiger partial charge on any atom is 0.0241 e. The second-order valence-corrected chi connectivity index (χ2v) is 3.78. The van der Waals surface area contributed by atoms with Crippen LogP contribution in [-0.2, 0) is 6.54 Å². The Balaban J connectivity index is 2.37. The first-order valence-electron chi connectivity index (χ1n) is 4.60. The van der Waals surface area contributed by atoms with Crippen LogP contribution in [0.1, 0.15) is 25.8 Å². The van der Waals surface area contributed by atoms with Gasteiger partial charge in [-0.25, -0.2) is 0 Å². The summed E-state index contributed by atoms with van der Waals surface area (Å²) >= 11 is 1.78. The van der Waals surface area contributed by atoms with Gasteiger partial charge >= 0.3 is 0 Å². The smallest absolute Gasteiger partial charge is 0.0241 e. The molecular formula is C10H17NS. The molecule has 0 aromatic carbocycles. The van der Waals surface area contributed by atoms with Gasteiger partial charge < -0.3 is 0 Å². The van der Waals surface area contributed by atoms with E-state index in [1.54, 1.807) is 11.3 Å². The van der Waals surface area contributed by atoms with E-state index < -0.39 is 0 Å². The van der Waals surface area contributed by atoms with Gasteiger partial charge in [-0.2, -0.15) is 11.3 Å². The largest absolute Gasteiger partial charge is 0.299 e. The van der Waals surface area contributed by atoms with Crippen molar-refractivity contribution in [3.63, 3.8) is 0 Å². The lowest BCUT2D eigenvalue weighted by Crippen LogP contribution is -2.23. The molecule has 0 aliphatic heterocycles. The molecule has 0 spiro atoms. The van der Waals surface area contributed by atoms with Crippen molar-refractivity contribution in [2.24, 2.45) is 0 Å². The van der Waals surface area contributed by atoms with E-state index in [0.717, 1.165) is 13.1 Å². The minimum atomic E-state index is 1.12. The molecule has 0 aliphatic carbocycles. The first-order chi connectivity index (χ1) is 5.86. The molecule has 0 fully saturated rings. The molecule has 0 radical (unpaired) electrons. The molecule has 0 saturated heterocycles. The zero-order chi connectivity index (χ0) is 8.81. The first kappa shape index (κ1) is 9.75. The SMILES string of the molecule is CCCN(CC)Cc1ccsc1. The van der Waals surface area contributed by atoms with E-state index in [1.165, 1.54) is 18.5 Å². The number of rotatable bonds is 5. The van der Waals surface area contributed by atoms with Crippen molar-refractivity contribution < 1.29 is 0 Å². The Labute approximate surface area is 79.0 Å². The van der Waals surface area contributed by atoms with Gasteiger partial charge in [0.25, 0.3) is 0 Å².